The number of hydrogen-bond donors (Lipinski definition) is 1. The Kier molecular flexibility index (Phi) is 3.07. The molecule has 1 nitrogen and oxygen atoms in total. The summed E-state index contributed by atoms with van der Waals surface area (Å²) in [4.78, 5) is 0. The summed E-state index contributed by atoms with van der Waals surface area (Å²) in [5.41, 5.74) is 2.24. The van der Waals surface area contributed by atoms with E-state index in [0.717, 1.165) is 0 Å². The lowest BCUT2D eigenvalue weighted by molar-refractivity contribution is 0.226. The molecular formula is C13H21N. The van der Waals surface area contributed by atoms with E-state index < -0.39 is 0 Å². The van der Waals surface area contributed by atoms with Crippen LogP contribution in [0.3, 0.4) is 0 Å². The second-order valence-corrected chi connectivity index (χ2v) is 5.03. The number of rotatable bonds is 2. The lowest BCUT2D eigenvalue weighted by Gasteiger charge is -2.35. The first-order chi connectivity index (χ1) is 6.79. The number of nitrogens with one attached hydrogen (secondary N) is 1. The summed E-state index contributed by atoms with van der Waals surface area (Å²) in [7, 11) is 0. The van der Waals surface area contributed by atoms with E-state index in [1.807, 2.05) is 0 Å². The molecule has 2 aliphatic rings. The summed E-state index contributed by atoms with van der Waals surface area (Å²) in [5.74, 6) is 0. The summed E-state index contributed by atoms with van der Waals surface area (Å²) >= 11 is 0. The molecule has 2 rings (SSSR count). The molecule has 1 fully saturated rings. The molecule has 1 heterocycles. The van der Waals surface area contributed by atoms with Crippen molar-refractivity contribution in [2.45, 2.75) is 39.0 Å². The molecule has 0 saturated carbocycles. The summed E-state index contributed by atoms with van der Waals surface area (Å²) in [6.07, 6.45) is 13.4. The van der Waals surface area contributed by atoms with Gasteiger partial charge in [-0.2, -0.15) is 0 Å². The normalized spacial score (nSPS) is 25.9. The molecule has 1 aliphatic carbocycles. The van der Waals surface area contributed by atoms with E-state index in [1.165, 1.54) is 45.2 Å². The Balaban J connectivity index is 1.94. The average molecular weight is 191 g/mol. The van der Waals surface area contributed by atoms with Crippen molar-refractivity contribution in [2.75, 3.05) is 13.1 Å². The van der Waals surface area contributed by atoms with Gasteiger partial charge in [0.25, 0.3) is 0 Å². The highest BCUT2D eigenvalue weighted by atomic mass is 14.9. The lowest BCUT2D eigenvalue weighted by atomic mass is 9.75. The van der Waals surface area contributed by atoms with Crippen LogP contribution in [0.25, 0.3) is 0 Å². The summed E-state index contributed by atoms with van der Waals surface area (Å²) < 4.78 is 0. The van der Waals surface area contributed by atoms with Gasteiger partial charge in [0.15, 0.2) is 0 Å². The first kappa shape index (κ1) is 9.97. The van der Waals surface area contributed by atoms with Crippen LogP contribution in [0.1, 0.15) is 39.0 Å². The van der Waals surface area contributed by atoms with E-state index in [4.69, 9.17) is 0 Å². The van der Waals surface area contributed by atoms with Crippen LogP contribution in [0.15, 0.2) is 23.8 Å². The maximum Gasteiger partial charge on any atom is -0.00436 e. The number of hydrogen-bond acceptors (Lipinski definition) is 1. The zero-order chi connectivity index (χ0) is 9.86. The van der Waals surface area contributed by atoms with Crippen LogP contribution in [0.4, 0.5) is 0 Å². The van der Waals surface area contributed by atoms with Gasteiger partial charge in [0.2, 0.25) is 0 Å². The van der Waals surface area contributed by atoms with Gasteiger partial charge in [-0.25, -0.2) is 0 Å². The quantitative estimate of drug-likeness (QED) is 0.707. The predicted octanol–water partition coefficient (Wildman–Crippen LogP) is 3.04. The Morgan fingerprint density at radius 3 is 2.79 bits per heavy atom. The van der Waals surface area contributed by atoms with Crippen molar-refractivity contribution in [3.8, 4) is 0 Å². The highest BCUT2D eigenvalue weighted by Gasteiger charge is 2.27. The second kappa shape index (κ2) is 4.31. The van der Waals surface area contributed by atoms with E-state index in [-0.39, 0.29) is 0 Å². The van der Waals surface area contributed by atoms with Gasteiger partial charge in [0, 0.05) is 0 Å². The molecule has 0 unspecified atom stereocenters. The third kappa shape index (κ3) is 2.48. The molecular weight excluding hydrogens is 170 g/mol. The minimum absolute atomic E-state index is 0.572. The fourth-order valence-electron chi connectivity index (χ4n) is 2.56. The van der Waals surface area contributed by atoms with E-state index in [2.05, 4.69) is 30.5 Å². The van der Waals surface area contributed by atoms with E-state index in [0.29, 0.717) is 5.41 Å². The topological polar surface area (TPSA) is 12.0 Å². The molecule has 14 heavy (non-hydrogen) atoms. The second-order valence-electron chi connectivity index (χ2n) is 5.03. The van der Waals surface area contributed by atoms with Crippen LogP contribution >= 0.6 is 0 Å². The fraction of sp³-hybridized carbons (Fsp3) is 0.692. The summed E-state index contributed by atoms with van der Waals surface area (Å²) in [5, 5.41) is 3.44. The van der Waals surface area contributed by atoms with Crippen LogP contribution in [0.5, 0.6) is 0 Å². The number of piperidine rings is 1. The van der Waals surface area contributed by atoms with E-state index in [9.17, 15) is 0 Å². The van der Waals surface area contributed by atoms with Gasteiger partial charge in [0.1, 0.15) is 0 Å². The lowest BCUT2D eigenvalue weighted by Crippen LogP contribution is -2.35. The first-order valence-corrected chi connectivity index (χ1v) is 5.84. The SMILES string of the molecule is CC1(CC2=CC=CCC2)CCNCC1. The largest absolute Gasteiger partial charge is 0.317 e. The molecule has 0 aromatic carbocycles. The Bertz CT molecular complexity index is 244. The van der Waals surface area contributed by atoms with Crippen LogP contribution in [0, 0.1) is 5.41 Å². The Morgan fingerprint density at radius 2 is 2.14 bits per heavy atom. The minimum atomic E-state index is 0.572. The van der Waals surface area contributed by atoms with Crippen molar-refractivity contribution in [2.24, 2.45) is 5.41 Å². The van der Waals surface area contributed by atoms with Crippen molar-refractivity contribution < 1.29 is 0 Å². The van der Waals surface area contributed by atoms with Crippen LogP contribution in [-0.4, -0.2) is 13.1 Å². The zero-order valence-corrected chi connectivity index (χ0v) is 9.18. The van der Waals surface area contributed by atoms with Gasteiger partial charge in [-0.15, -0.1) is 0 Å². The molecule has 0 aromatic heterocycles. The minimum Gasteiger partial charge on any atom is -0.317 e. The Hall–Kier alpha value is -0.560. The maximum atomic E-state index is 3.44. The average Bonchev–Trinajstić information content (AvgIpc) is 2.19. The molecule has 1 aliphatic heterocycles. The smallest absolute Gasteiger partial charge is 0.00436 e. The van der Waals surface area contributed by atoms with Crippen LogP contribution in [-0.2, 0) is 0 Å². The molecule has 0 radical (unpaired) electrons. The maximum absolute atomic E-state index is 3.44. The van der Waals surface area contributed by atoms with Gasteiger partial charge in [0.05, 0.1) is 0 Å². The van der Waals surface area contributed by atoms with Crippen molar-refractivity contribution in [3.63, 3.8) is 0 Å². The van der Waals surface area contributed by atoms with E-state index in [1.54, 1.807) is 5.57 Å². The molecule has 0 bridgehead atoms. The zero-order valence-electron chi connectivity index (χ0n) is 9.18. The molecule has 1 heteroatoms. The molecule has 0 amide bonds. The standard InChI is InChI=1S/C13H21N/c1-13(7-9-14-10-8-13)11-12-5-3-2-4-6-12/h2-3,5,14H,4,6-11H2,1H3. The first-order valence-electron chi connectivity index (χ1n) is 5.84. The molecule has 0 aromatic rings. The molecule has 78 valence electrons. The van der Waals surface area contributed by atoms with Gasteiger partial charge in [-0.05, 0) is 50.6 Å². The summed E-state index contributed by atoms with van der Waals surface area (Å²) in [6.45, 7) is 4.87. The highest BCUT2D eigenvalue weighted by Crippen LogP contribution is 2.36. The van der Waals surface area contributed by atoms with Gasteiger partial charge in [-0.1, -0.05) is 30.7 Å². The number of allylic oxidation sites excluding steroid dienone is 4. The molecule has 1 N–H and O–H groups in total. The molecule has 0 atom stereocenters. The summed E-state index contributed by atoms with van der Waals surface area (Å²) in [6, 6.07) is 0. The van der Waals surface area contributed by atoms with Crippen molar-refractivity contribution in [1.29, 1.82) is 0 Å². The van der Waals surface area contributed by atoms with Crippen molar-refractivity contribution in [3.05, 3.63) is 23.8 Å². The van der Waals surface area contributed by atoms with Crippen LogP contribution in [0.2, 0.25) is 0 Å². The van der Waals surface area contributed by atoms with Crippen molar-refractivity contribution >= 4 is 0 Å². The van der Waals surface area contributed by atoms with Crippen LogP contribution < -0.4 is 5.32 Å². The third-order valence-electron chi connectivity index (χ3n) is 3.56. The van der Waals surface area contributed by atoms with Crippen molar-refractivity contribution in [1.82, 2.24) is 5.32 Å². The Labute approximate surface area is 87.3 Å². The molecule has 0 spiro atoms. The van der Waals surface area contributed by atoms with Gasteiger partial charge >= 0.3 is 0 Å². The van der Waals surface area contributed by atoms with Gasteiger partial charge < -0.3 is 5.32 Å². The third-order valence-corrected chi connectivity index (χ3v) is 3.56. The highest BCUT2D eigenvalue weighted by molar-refractivity contribution is 5.19. The fourth-order valence-corrected chi connectivity index (χ4v) is 2.56. The predicted molar refractivity (Wildman–Crippen MR) is 61.3 cm³/mol. The Morgan fingerprint density at radius 1 is 1.36 bits per heavy atom. The molecule has 1 saturated heterocycles. The van der Waals surface area contributed by atoms with Gasteiger partial charge in [-0.3, -0.25) is 0 Å². The van der Waals surface area contributed by atoms with E-state index >= 15 is 0 Å². The monoisotopic (exact) mass is 191 g/mol.